The monoisotopic (exact) mass is 365 g/mol. The first kappa shape index (κ1) is 15.6. The Morgan fingerprint density at radius 3 is 2.64 bits per heavy atom. The minimum absolute atomic E-state index is 0.251. The van der Waals surface area contributed by atoms with Gasteiger partial charge in [0.25, 0.3) is 0 Å². The van der Waals surface area contributed by atoms with E-state index in [9.17, 15) is 4.79 Å². The Bertz CT molecular complexity index is 914. The molecule has 25 heavy (non-hydrogen) atoms. The molecule has 0 unspecified atom stereocenters. The van der Waals surface area contributed by atoms with E-state index < -0.39 is 5.41 Å². The molecule has 0 atom stereocenters. The second-order valence-electron chi connectivity index (χ2n) is 7.31. The molecule has 0 saturated carbocycles. The highest BCUT2D eigenvalue weighted by Crippen LogP contribution is 2.58. The van der Waals surface area contributed by atoms with Gasteiger partial charge in [0.05, 0.1) is 17.0 Å². The fraction of sp³-hybridized carbons (Fsp3) is 0.286. The van der Waals surface area contributed by atoms with Crippen molar-refractivity contribution in [2.24, 2.45) is 5.41 Å². The summed E-state index contributed by atoms with van der Waals surface area (Å²) >= 11 is 3.82. The van der Waals surface area contributed by atoms with E-state index in [4.69, 9.17) is 0 Å². The van der Waals surface area contributed by atoms with Crippen LogP contribution in [0.3, 0.4) is 0 Å². The van der Waals surface area contributed by atoms with Gasteiger partial charge in [-0.1, -0.05) is 30.3 Å². The van der Waals surface area contributed by atoms with E-state index in [0.29, 0.717) is 0 Å². The van der Waals surface area contributed by atoms with Crippen LogP contribution in [0.2, 0.25) is 0 Å². The van der Waals surface area contributed by atoms with Crippen molar-refractivity contribution in [1.82, 2.24) is 4.90 Å². The van der Waals surface area contributed by atoms with Crippen LogP contribution in [-0.2, 0) is 4.79 Å². The Labute approximate surface area is 156 Å². The lowest BCUT2D eigenvalue weighted by Crippen LogP contribution is -2.41. The second-order valence-corrected chi connectivity index (χ2v) is 10.3. The first-order chi connectivity index (χ1) is 12.0. The molecule has 2 nitrogen and oxygen atoms in total. The molecule has 0 bridgehead atoms. The second kappa shape index (κ2) is 5.18. The zero-order valence-corrected chi connectivity index (χ0v) is 15.9. The predicted octanol–water partition coefficient (Wildman–Crippen LogP) is 4.92. The molecule has 0 N–H and O–H groups in total. The van der Waals surface area contributed by atoms with Gasteiger partial charge in [-0.15, -0.1) is 23.5 Å². The molecule has 1 saturated heterocycles. The molecule has 1 aromatic rings. The number of hydrogen-bond acceptors (Lipinski definition) is 4. The number of nitrogens with zero attached hydrogens (tertiary/aromatic N) is 1. The van der Waals surface area contributed by atoms with Crippen molar-refractivity contribution in [2.75, 3.05) is 11.5 Å². The standard InChI is InChI=1S/C21H19NOS2/c1-20(2)9-7-16-18(19(20)23)21(24-11-12-25-21)13-17-15-6-4-3-5-14(15)8-10-22(16)17/h3-10,13H,11-12H2,1-2H3. The summed E-state index contributed by atoms with van der Waals surface area (Å²) in [6.45, 7) is 4.04. The third-order valence-electron chi connectivity index (χ3n) is 5.28. The summed E-state index contributed by atoms with van der Waals surface area (Å²) in [5.41, 5.74) is 5.28. The Hall–Kier alpha value is -1.65. The van der Waals surface area contributed by atoms with Crippen molar-refractivity contribution in [3.05, 3.63) is 71.1 Å². The smallest absolute Gasteiger partial charge is 0.172 e. The van der Waals surface area contributed by atoms with Gasteiger partial charge in [-0.3, -0.25) is 4.79 Å². The van der Waals surface area contributed by atoms with E-state index in [0.717, 1.165) is 22.8 Å². The zero-order chi connectivity index (χ0) is 17.2. The minimum Gasteiger partial charge on any atom is -0.316 e. The van der Waals surface area contributed by atoms with Crippen LogP contribution in [-0.4, -0.2) is 26.3 Å². The lowest BCUT2D eigenvalue weighted by Gasteiger charge is -2.44. The number of ketones is 1. The molecule has 5 rings (SSSR count). The molecule has 4 heteroatoms. The van der Waals surface area contributed by atoms with Crippen LogP contribution < -0.4 is 0 Å². The number of hydrogen-bond donors (Lipinski definition) is 0. The first-order valence-corrected chi connectivity index (χ1v) is 10.6. The Balaban J connectivity index is 1.77. The van der Waals surface area contributed by atoms with Gasteiger partial charge < -0.3 is 4.90 Å². The van der Waals surface area contributed by atoms with Gasteiger partial charge in [0.2, 0.25) is 0 Å². The molecule has 0 radical (unpaired) electrons. The molecule has 0 amide bonds. The maximum absolute atomic E-state index is 13.3. The van der Waals surface area contributed by atoms with Crippen molar-refractivity contribution in [2.45, 2.75) is 17.9 Å². The Morgan fingerprint density at radius 1 is 1.08 bits per heavy atom. The first-order valence-electron chi connectivity index (χ1n) is 8.58. The van der Waals surface area contributed by atoms with Gasteiger partial charge in [-0.25, -0.2) is 0 Å². The molecule has 1 spiro atoms. The topological polar surface area (TPSA) is 20.3 Å². The summed E-state index contributed by atoms with van der Waals surface area (Å²) in [4.78, 5) is 15.5. The normalized spacial score (nSPS) is 25.0. The van der Waals surface area contributed by atoms with Crippen LogP contribution in [0.15, 0.2) is 60.0 Å². The maximum Gasteiger partial charge on any atom is 0.172 e. The number of benzene rings is 1. The summed E-state index contributed by atoms with van der Waals surface area (Å²) in [5, 5.41) is 0. The molecule has 1 fully saturated rings. The molecular formula is C21H19NOS2. The quantitative estimate of drug-likeness (QED) is 0.650. The van der Waals surface area contributed by atoms with E-state index in [1.807, 2.05) is 37.4 Å². The van der Waals surface area contributed by atoms with Crippen LogP contribution in [0.4, 0.5) is 0 Å². The third kappa shape index (κ3) is 2.10. The van der Waals surface area contributed by atoms with E-state index in [2.05, 4.69) is 59.7 Å². The number of carbonyl (C=O) groups excluding carboxylic acids is 1. The Kier molecular flexibility index (Phi) is 3.23. The molecule has 1 aliphatic carbocycles. The fourth-order valence-electron chi connectivity index (χ4n) is 3.93. The van der Waals surface area contributed by atoms with Crippen molar-refractivity contribution in [3.63, 3.8) is 0 Å². The number of thioether (sulfide) groups is 2. The lowest BCUT2D eigenvalue weighted by atomic mass is 9.76. The molecular weight excluding hydrogens is 346 g/mol. The van der Waals surface area contributed by atoms with Crippen LogP contribution in [0.5, 0.6) is 0 Å². The summed E-state index contributed by atoms with van der Waals surface area (Å²) in [7, 11) is 0. The SMILES string of the molecule is CC1(C)C=CC2=C(C1=O)C1(C=C3c4ccccc4C=CN32)SCCS1. The molecule has 3 aliphatic heterocycles. The van der Waals surface area contributed by atoms with E-state index >= 15 is 0 Å². The molecule has 3 heterocycles. The van der Waals surface area contributed by atoms with Gasteiger partial charge in [0.1, 0.15) is 4.08 Å². The van der Waals surface area contributed by atoms with E-state index in [1.54, 1.807) is 0 Å². The van der Waals surface area contributed by atoms with Gasteiger partial charge in [0.15, 0.2) is 5.78 Å². The van der Waals surface area contributed by atoms with E-state index in [1.165, 1.54) is 16.8 Å². The average Bonchev–Trinajstić information content (AvgIpc) is 3.06. The summed E-state index contributed by atoms with van der Waals surface area (Å²) in [6.07, 6.45) is 10.8. The van der Waals surface area contributed by atoms with Crippen molar-refractivity contribution in [3.8, 4) is 0 Å². The lowest BCUT2D eigenvalue weighted by molar-refractivity contribution is -0.121. The maximum atomic E-state index is 13.3. The number of allylic oxidation sites excluding steroid dienone is 2. The van der Waals surface area contributed by atoms with E-state index in [-0.39, 0.29) is 9.86 Å². The zero-order valence-electron chi connectivity index (χ0n) is 14.3. The molecule has 1 aromatic carbocycles. The average molecular weight is 366 g/mol. The highest BCUT2D eigenvalue weighted by Gasteiger charge is 2.50. The van der Waals surface area contributed by atoms with Gasteiger partial charge in [-0.05, 0) is 37.6 Å². The third-order valence-corrected chi connectivity index (χ3v) is 8.56. The highest BCUT2D eigenvalue weighted by molar-refractivity contribution is 8.22. The van der Waals surface area contributed by atoms with Crippen LogP contribution >= 0.6 is 23.5 Å². The van der Waals surface area contributed by atoms with Crippen LogP contribution in [0.25, 0.3) is 11.8 Å². The largest absolute Gasteiger partial charge is 0.316 e. The highest BCUT2D eigenvalue weighted by atomic mass is 32.2. The number of rotatable bonds is 0. The summed E-state index contributed by atoms with van der Waals surface area (Å²) in [5.74, 6) is 2.43. The number of Topliss-reactive ketones (excluding diaryl/α,β-unsaturated/α-hetero) is 1. The predicted molar refractivity (Wildman–Crippen MR) is 108 cm³/mol. The molecule has 4 aliphatic rings. The van der Waals surface area contributed by atoms with Crippen LogP contribution in [0, 0.1) is 5.41 Å². The van der Waals surface area contributed by atoms with Gasteiger partial charge in [0, 0.05) is 28.7 Å². The minimum atomic E-state index is -0.432. The molecule has 0 aromatic heterocycles. The van der Waals surface area contributed by atoms with Crippen molar-refractivity contribution in [1.29, 1.82) is 0 Å². The van der Waals surface area contributed by atoms with Crippen molar-refractivity contribution < 1.29 is 4.79 Å². The van der Waals surface area contributed by atoms with Gasteiger partial charge >= 0.3 is 0 Å². The Morgan fingerprint density at radius 2 is 1.84 bits per heavy atom. The van der Waals surface area contributed by atoms with Crippen molar-refractivity contribution >= 4 is 41.1 Å². The summed E-state index contributed by atoms with van der Waals surface area (Å²) < 4.78 is -0.251. The fourth-order valence-corrected chi connectivity index (χ4v) is 7.11. The van der Waals surface area contributed by atoms with Gasteiger partial charge in [-0.2, -0.15) is 0 Å². The summed E-state index contributed by atoms with van der Waals surface area (Å²) in [6, 6.07) is 8.50. The number of fused-ring (bicyclic) bond motifs is 5. The number of carbonyl (C=O) groups is 1. The van der Waals surface area contributed by atoms with Crippen LogP contribution in [0.1, 0.15) is 25.0 Å². The molecule has 126 valence electrons.